The zero-order chi connectivity index (χ0) is 23.7. The van der Waals surface area contributed by atoms with Gasteiger partial charge in [-0.1, -0.05) is 42.5 Å². The Balaban J connectivity index is 1.94. The molecule has 0 spiro atoms. The molecular weight excluding hydrogens is 422 g/mol. The molecule has 8 nitrogen and oxygen atoms in total. The highest BCUT2D eigenvalue weighted by molar-refractivity contribution is 6.51. The third-order valence-electron chi connectivity index (χ3n) is 5.53. The summed E-state index contributed by atoms with van der Waals surface area (Å²) in [5, 5.41) is 22.4. The number of carbonyl (C=O) groups excluding carboxylic acids is 2. The number of ketones is 1. The predicted octanol–water partition coefficient (Wildman–Crippen LogP) is 4.29. The van der Waals surface area contributed by atoms with E-state index in [4.69, 9.17) is 0 Å². The van der Waals surface area contributed by atoms with Crippen LogP contribution >= 0.6 is 0 Å². The van der Waals surface area contributed by atoms with Crippen LogP contribution in [0, 0.1) is 10.1 Å². The van der Waals surface area contributed by atoms with E-state index in [9.17, 15) is 24.8 Å². The molecule has 1 atom stereocenters. The van der Waals surface area contributed by atoms with Gasteiger partial charge in [-0.15, -0.1) is 0 Å². The van der Waals surface area contributed by atoms with Crippen molar-refractivity contribution in [3.63, 3.8) is 0 Å². The van der Waals surface area contributed by atoms with Crippen molar-refractivity contribution in [2.45, 2.75) is 6.04 Å². The summed E-state index contributed by atoms with van der Waals surface area (Å²) in [7, 11) is 3.76. The van der Waals surface area contributed by atoms with Crippen LogP contribution in [0.25, 0.3) is 5.76 Å². The Hall–Kier alpha value is -4.46. The van der Waals surface area contributed by atoms with Crippen molar-refractivity contribution in [3.8, 4) is 0 Å². The summed E-state index contributed by atoms with van der Waals surface area (Å²) >= 11 is 0. The van der Waals surface area contributed by atoms with E-state index in [2.05, 4.69) is 0 Å². The van der Waals surface area contributed by atoms with Gasteiger partial charge in [0.1, 0.15) is 5.76 Å². The molecule has 3 aromatic rings. The fourth-order valence-corrected chi connectivity index (χ4v) is 3.89. The van der Waals surface area contributed by atoms with Gasteiger partial charge in [-0.25, -0.2) is 0 Å². The lowest BCUT2D eigenvalue weighted by molar-refractivity contribution is -0.384. The number of nitro groups is 1. The van der Waals surface area contributed by atoms with E-state index < -0.39 is 22.7 Å². The predicted molar refractivity (Wildman–Crippen MR) is 125 cm³/mol. The molecule has 1 saturated heterocycles. The molecule has 0 radical (unpaired) electrons. The summed E-state index contributed by atoms with van der Waals surface area (Å²) in [6.45, 7) is 0. The maximum atomic E-state index is 13.2. The Morgan fingerprint density at radius 2 is 1.64 bits per heavy atom. The van der Waals surface area contributed by atoms with Crippen LogP contribution in [0.3, 0.4) is 0 Å². The highest BCUT2D eigenvalue weighted by Gasteiger charge is 2.47. The zero-order valence-electron chi connectivity index (χ0n) is 18.0. The van der Waals surface area contributed by atoms with Gasteiger partial charge in [-0.3, -0.25) is 24.6 Å². The molecule has 0 bridgehead atoms. The maximum Gasteiger partial charge on any atom is 0.300 e. The van der Waals surface area contributed by atoms with Crippen LogP contribution < -0.4 is 9.80 Å². The Morgan fingerprint density at radius 1 is 0.970 bits per heavy atom. The molecule has 1 heterocycles. The lowest BCUT2D eigenvalue weighted by atomic mass is 9.95. The van der Waals surface area contributed by atoms with Gasteiger partial charge in [0.25, 0.3) is 17.4 Å². The molecule has 166 valence electrons. The number of Topliss-reactive ketones (excluding diaryl/α,β-unsaturated/α-hetero) is 1. The lowest BCUT2D eigenvalue weighted by Crippen LogP contribution is -2.29. The lowest BCUT2D eigenvalue weighted by Gasteiger charge is -2.26. The minimum absolute atomic E-state index is 0.122. The highest BCUT2D eigenvalue weighted by Crippen LogP contribution is 2.43. The SMILES string of the molecule is CN(C)c1ccc(N2C(=O)C(=O)C(=C(O)c3ccccc3)[C@H]2c2cccc([N+](=O)[O-])c2)cc1. The van der Waals surface area contributed by atoms with Crippen molar-refractivity contribution >= 4 is 34.5 Å². The number of nitro benzene ring substituents is 1. The van der Waals surface area contributed by atoms with Gasteiger partial charge in [0.2, 0.25) is 0 Å². The average Bonchev–Trinajstić information content (AvgIpc) is 3.09. The average molecular weight is 443 g/mol. The smallest absolute Gasteiger partial charge is 0.300 e. The molecule has 1 aliphatic heterocycles. The first-order chi connectivity index (χ1) is 15.8. The zero-order valence-corrected chi connectivity index (χ0v) is 18.0. The van der Waals surface area contributed by atoms with Gasteiger partial charge in [0.05, 0.1) is 16.5 Å². The maximum absolute atomic E-state index is 13.2. The van der Waals surface area contributed by atoms with E-state index in [0.717, 1.165) is 5.69 Å². The summed E-state index contributed by atoms with van der Waals surface area (Å²) in [4.78, 5) is 40.3. The molecule has 1 fully saturated rings. The first-order valence-corrected chi connectivity index (χ1v) is 10.2. The van der Waals surface area contributed by atoms with Gasteiger partial charge in [-0.2, -0.15) is 0 Å². The summed E-state index contributed by atoms with van der Waals surface area (Å²) in [5.41, 5.74) is 1.74. The molecule has 0 aromatic heterocycles. The Bertz CT molecular complexity index is 1270. The number of non-ortho nitro benzene ring substituents is 1. The summed E-state index contributed by atoms with van der Waals surface area (Å²) in [6, 6.07) is 20.1. The number of carbonyl (C=O) groups is 2. The number of amides is 1. The Kier molecular flexibility index (Phi) is 5.66. The number of benzene rings is 3. The van der Waals surface area contributed by atoms with Gasteiger partial charge >= 0.3 is 0 Å². The largest absolute Gasteiger partial charge is 0.507 e. The second-order valence-electron chi connectivity index (χ2n) is 7.80. The van der Waals surface area contributed by atoms with Gasteiger partial charge in [0.15, 0.2) is 0 Å². The number of hydrogen-bond acceptors (Lipinski definition) is 6. The number of hydrogen-bond donors (Lipinski definition) is 1. The van der Waals surface area contributed by atoms with Gasteiger partial charge < -0.3 is 10.0 Å². The molecule has 4 rings (SSSR count). The van der Waals surface area contributed by atoms with Crippen LogP contribution in [-0.4, -0.2) is 35.8 Å². The Morgan fingerprint density at radius 3 is 2.24 bits per heavy atom. The van der Waals surface area contributed by atoms with Crippen molar-refractivity contribution in [2.24, 2.45) is 0 Å². The quantitative estimate of drug-likeness (QED) is 0.207. The number of aliphatic hydroxyl groups is 1. The number of nitrogens with zero attached hydrogens (tertiary/aromatic N) is 3. The van der Waals surface area contributed by atoms with Crippen LogP contribution in [0.15, 0.2) is 84.4 Å². The molecule has 8 heteroatoms. The van der Waals surface area contributed by atoms with Crippen molar-refractivity contribution in [1.82, 2.24) is 0 Å². The Labute approximate surface area is 190 Å². The van der Waals surface area contributed by atoms with Crippen molar-refractivity contribution in [3.05, 3.63) is 106 Å². The van der Waals surface area contributed by atoms with E-state index >= 15 is 0 Å². The van der Waals surface area contributed by atoms with Crippen LogP contribution in [0.1, 0.15) is 17.2 Å². The van der Waals surface area contributed by atoms with Crippen molar-refractivity contribution in [2.75, 3.05) is 23.9 Å². The normalized spacial score (nSPS) is 17.3. The van der Waals surface area contributed by atoms with E-state index in [1.165, 1.54) is 23.1 Å². The molecule has 1 amide bonds. The van der Waals surface area contributed by atoms with E-state index in [1.807, 2.05) is 19.0 Å². The number of rotatable bonds is 5. The summed E-state index contributed by atoms with van der Waals surface area (Å²) in [5.74, 6) is -2.01. The number of aliphatic hydroxyl groups excluding tert-OH is 1. The molecule has 0 saturated carbocycles. The fourth-order valence-electron chi connectivity index (χ4n) is 3.89. The van der Waals surface area contributed by atoms with Crippen molar-refractivity contribution in [1.29, 1.82) is 0 Å². The third kappa shape index (κ3) is 3.94. The molecule has 0 unspecified atom stereocenters. The molecule has 3 aromatic carbocycles. The highest BCUT2D eigenvalue weighted by atomic mass is 16.6. The number of anilines is 2. The first-order valence-electron chi connectivity index (χ1n) is 10.2. The van der Waals surface area contributed by atoms with Crippen molar-refractivity contribution < 1.29 is 19.6 Å². The molecule has 1 aliphatic rings. The second-order valence-corrected chi connectivity index (χ2v) is 7.80. The monoisotopic (exact) mass is 443 g/mol. The molecule has 1 N–H and O–H groups in total. The molecular formula is C25H21N3O5. The summed E-state index contributed by atoms with van der Waals surface area (Å²) < 4.78 is 0. The topological polar surface area (TPSA) is 104 Å². The molecule has 33 heavy (non-hydrogen) atoms. The first kappa shape index (κ1) is 21.8. The molecule has 0 aliphatic carbocycles. The fraction of sp³-hybridized carbons (Fsp3) is 0.120. The second kappa shape index (κ2) is 8.58. The standard InChI is InChI=1S/C25H21N3O5/c1-26(2)18-11-13-19(14-12-18)27-22(17-9-6-10-20(15-17)28(32)33)21(24(30)25(27)31)23(29)16-7-4-3-5-8-16/h3-15,22,29H,1-2H3/t22-/m1/s1. The van der Waals surface area contributed by atoms with E-state index in [-0.39, 0.29) is 17.0 Å². The minimum Gasteiger partial charge on any atom is -0.507 e. The summed E-state index contributed by atoms with van der Waals surface area (Å²) in [6.07, 6.45) is 0. The minimum atomic E-state index is -1.03. The third-order valence-corrected chi connectivity index (χ3v) is 5.53. The van der Waals surface area contributed by atoms with Crippen LogP contribution in [-0.2, 0) is 9.59 Å². The van der Waals surface area contributed by atoms with Gasteiger partial charge in [0, 0.05) is 43.2 Å². The van der Waals surface area contributed by atoms with E-state index in [0.29, 0.717) is 16.8 Å². The van der Waals surface area contributed by atoms with Crippen LogP contribution in [0.2, 0.25) is 0 Å². The van der Waals surface area contributed by atoms with E-state index in [1.54, 1.807) is 60.7 Å². The van der Waals surface area contributed by atoms with Gasteiger partial charge in [-0.05, 0) is 29.8 Å². The van der Waals surface area contributed by atoms with Crippen LogP contribution in [0.5, 0.6) is 0 Å². The van der Waals surface area contributed by atoms with Crippen LogP contribution in [0.4, 0.5) is 17.1 Å².